The van der Waals surface area contributed by atoms with Gasteiger partial charge < -0.3 is 20.4 Å². The number of hydrogen-bond donors (Lipinski definition) is 4. The molecule has 7 heteroatoms. The van der Waals surface area contributed by atoms with Crippen LogP contribution in [0.15, 0.2) is 42.5 Å². The molecule has 0 aliphatic carbocycles. The average molecular weight is 432 g/mol. The van der Waals surface area contributed by atoms with Crippen LogP contribution in [0.2, 0.25) is 0 Å². The number of phenols is 4. The van der Waals surface area contributed by atoms with Crippen LogP contribution in [0.4, 0.5) is 13.2 Å². The van der Waals surface area contributed by atoms with E-state index >= 15 is 13.2 Å². The molecule has 0 unspecified atom stereocenters. The summed E-state index contributed by atoms with van der Waals surface area (Å²) in [6, 6.07) is 8.05. The molecule has 164 valence electrons. The molecule has 0 fully saturated rings. The summed E-state index contributed by atoms with van der Waals surface area (Å²) in [4.78, 5) is 0. The van der Waals surface area contributed by atoms with Crippen molar-refractivity contribution in [1.29, 1.82) is 0 Å². The molecule has 0 bridgehead atoms. The summed E-state index contributed by atoms with van der Waals surface area (Å²) in [5.74, 6) is -1.44. The fourth-order valence-corrected chi connectivity index (χ4v) is 4.09. The van der Waals surface area contributed by atoms with E-state index < -0.39 is 23.1 Å². The number of rotatable bonds is 3. The Kier molecular flexibility index (Phi) is 5.34. The molecular weight excluding hydrogens is 409 g/mol. The van der Waals surface area contributed by atoms with E-state index in [-0.39, 0.29) is 50.4 Å². The Bertz CT molecular complexity index is 1060. The third-order valence-corrected chi connectivity index (χ3v) is 5.68. The highest BCUT2D eigenvalue weighted by Gasteiger charge is 2.59. The van der Waals surface area contributed by atoms with Crippen molar-refractivity contribution in [3.8, 4) is 23.0 Å². The van der Waals surface area contributed by atoms with Gasteiger partial charge in [-0.05, 0) is 78.8 Å². The van der Waals surface area contributed by atoms with Crippen LogP contribution in [0.25, 0.3) is 0 Å². The smallest absolute Gasteiger partial charge is 0.406 e. The lowest BCUT2D eigenvalue weighted by molar-refractivity contribution is -0.166. The lowest BCUT2D eigenvalue weighted by atomic mass is 9.67. The molecule has 4 nitrogen and oxygen atoms in total. The summed E-state index contributed by atoms with van der Waals surface area (Å²) in [6.45, 7) is 6.03. The largest absolute Gasteiger partial charge is 0.507 e. The Hall–Kier alpha value is -3.35. The minimum absolute atomic E-state index is 0.105. The van der Waals surface area contributed by atoms with Crippen molar-refractivity contribution < 1.29 is 33.6 Å². The van der Waals surface area contributed by atoms with Crippen LogP contribution >= 0.6 is 0 Å². The van der Waals surface area contributed by atoms with Gasteiger partial charge in [-0.3, -0.25) is 0 Å². The minimum Gasteiger partial charge on any atom is -0.507 e. The first kappa shape index (κ1) is 22.3. The van der Waals surface area contributed by atoms with Crippen molar-refractivity contribution in [3.63, 3.8) is 0 Å². The summed E-state index contributed by atoms with van der Waals surface area (Å²) in [5.41, 5.74) is -2.34. The van der Waals surface area contributed by atoms with Gasteiger partial charge in [0.05, 0.1) is 0 Å². The predicted octanol–water partition coefficient (Wildman–Crippen LogP) is 5.64. The second kappa shape index (κ2) is 7.41. The molecule has 0 radical (unpaired) electrons. The van der Waals surface area contributed by atoms with Crippen molar-refractivity contribution in [1.82, 2.24) is 0 Å². The van der Waals surface area contributed by atoms with E-state index in [1.165, 1.54) is 52.0 Å². The van der Waals surface area contributed by atoms with Crippen molar-refractivity contribution in [2.75, 3.05) is 0 Å². The second-order valence-electron chi connectivity index (χ2n) is 7.87. The average Bonchev–Trinajstić information content (AvgIpc) is 2.66. The highest BCUT2D eigenvalue weighted by atomic mass is 19.4. The van der Waals surface area contributed by atoms with E-state index in [1.54, 1.807) is 0 Å². The maximum Gasteiger partial charge on any atom is 0.406 e. The van der Waals surface area contributed by atoms with Gasteiger partial charge in [-0.15, -0.1) is 0 Å². The summed E-state index contributed by atoms with van der Waals surface area (Å²) in [7, 11) is 0. The van der Waals surface area contributed by atoms with Crippen LogP contribution in [0.3, 0.4) is 0 Å². The lowest BCUT2D eigenvalue weighted by Crippen LogP contribution is -2.44. The zero-order valence-corrected chi connectivity index (χ0v) is 17.5. The predicted molar refractivity (Wildman–Crippen MR) is 111 cm³/mol. The molecule has 0 atom stereocenters. The summed E-state index contributed by atoms with van der Waals surface area (Å²) < 4.78 is 45.4. The molecule has 0 aliphatic rings. The monoisotopic (exact) mass is 432 g/mol. The Morgan fingerprint density at radius 2 is 0.935 bits per heavy atom. The molecule has 0 amide bonds. The van der Waals surface area contributed by atoms with Gasteiger partial charge in [0.1, 0.15) is 16.9 Å². The van der Waals surface area contributed by atoms with Gasteiger partial charge in [-0.2, -0.15) is 13.2 Å². The van der Waals surface area contributed by atoms with E-state index in [0.717, 1.165) is 18.2 Å². The zero-order valence-electron chi connectivity index (χ0n) is 17.5. The van der Waals surface area contributed by atoms with Crippen LogP contribution < -0.4 is 0 Å². The number of benzene rings is 3. The molecule has 0 heterocycles. The highest BCUT2D eigenvalue weighted by Crippen LogP contribution is 2.53. The molecule has 4 N–H and O–H groups in total. The number of alkyl halides is 3. The summed E-state index contributed by atoms with van der Waals surface area (Å²) in [6.07, 6.45) is -4.89. The maximum atomic E-state index is 15.1. The second-order valence-corrected chi connectivity index (χ2v) is 7.87. The van der Waals surface area contributed by atoms with Crippen molar-refractivity contribution >= 4 is 0 Å². The molecule has 3 aromatic carbocycles. The number of aryl methyl sites for hydroxylation is 4. The van der Waals surface area contributed by atoms with E-state index in [4.69, 9.17) is 0 Å². The Balaban J connectivity index is 2.57. The van der Waals surface area contributed by atoms with Crippen molar-refractivity contribution in [2.24, 2.45) is 0 Å². The molecule has 3 aromatic rings. The molecule has 0 saturated carbocycles. The molecule has 0 saturated heterocycles. The van der Waals surface area contributed by atoms with Crippen LogP contribution in [-0.4, -0.2) is 26.6 Å². The van der Waals surface area contributed by atoms with E-state index in [9.17, 15) is 20.4 Å². The molecular formula is C24H23F3O4. The topological polar surface area (TPSA) is 80.9 Å². The highest BCUT2D eigenvalue weighted by molar-refractivity contribution is 5.60. The van der Waals surface area contributed by atoms with Crippen LogP contribution in [0, 0.1) is 27.7 Å². The zero-order chi connectivity index (χ0) is 23.3. The van der Waals surface area contributed by atoms with Crippen LogP contribution in [0.5, 0.6) is 23.0 Å². The number of phenolic OH excluding ortho intramolecular Hbond substituents is 4. The van der Waals surface area contributed by atoms with Crippen molar-refractivity contribution in [3.05, 3.63) is 81.4 Å². The fraction of sp³-hybridized carbons (Fsp3) is 0.250. The molecule has 0 spiro atoms. The quantitative estimate of drug-likeness (QED) is 0.319. The maximum absolute atomic E-state index is 15.1. The van der Waals surface area contributed by atoms with Crippen molar-refractivity contribution in [2.45, 2.75) is 39.3 Å². The first-order valence-corrected chi connectivity index (χ1v) is 9.51. The van der Waals surface area contributed by atoms with Crippen LogP contribution in [-0.2, 0) is 5.41 Å². The van der Waals surface area contributed by atoms with Crippen LogP contribution in [0.1, 0.15) is 38.9 Å². The van der Waals surface area contributed by atoms with E-state index in [2.05, 4.69) is 0 Å². The first-order chi connectivity index (χ1) is 14.3. The number of aromatic hydroxyl groups is 4. The lowest BCUT2D eigenvalue weighted by Gasteiger charge is -2.38. The molecule has 3 rings (SSSR count). The standard InChI is InChI=1S/C24H23F3O4/c1-12-7-17(8-13(2)21(12)30)23(24(25,26)27,16-5-6-19(28)20(29)11-16)18-9-14(3)22(31)15(4)10-18/h5-11,28-31H,1-4H3. The summed E-state index contributed by atoms with van der Waals surface area (Å²) >= 11 is 0. The molecule has 0 aliphatic heterocycles. The van der Waals surface area contributed by atoms with Gasteiger partial charge in [0.2, 0.25) is 0 Å². The molecule has 31 heavy (non-hydrogen) atoms. The third kappa shape index (κ3) is 3.44. The normalized spacial score (nSPS) is 12.2. The third-order valence-electron chi connectivity index (χ3n) is 5.68. The van der Waals surface area contributed by atoms with Gasteiger partial charge in [-0.25, -0.2) is 0 Å². The van der Waals surface area contributed by atoms with E-state index in [0.29, 0.717) is 0 Å². The Morgan fingerprint density at radius 1 is 0.548 bits per heavy atom. The molecule has 0 aromatic heterocycles. The van der Waals surface area contributed by atoms with Gasteiger partial charge in [0.15, 0.2) is 11.5 Å². The Labute approximate surface area is 177 Å². The van der Waals surface area contributed by atoms with Gasteiger partial charge >= 0.3 is 6.18 Å². The van der Waals surface area contributed by atoms with Gasteiger partial charge in [0, 0.05) is 0 Å². The minimum atomic E-state index is -4.89. The number of hydrogen-bond acceptors (Lipinski definition) is 4. The Morgan fingerprint density at radius 3 is 1.26 bits per heavy atom. The fourth-order valence-electron chi connectivity index (χ4n) is 4.09. The first-order valence-electron chi connectivity index (χ1n) is 9.51. The van der Waals surface area contributed by atoms with E-state index in [1.807, 2.05) is 0 Å². The SMILES string of the molecule is Cc1cc(C(c2cc(C)c(O)c(C)c2)(c2ccc(O)c(O)c2)C(F)(F)F)cc(C)c1O. The number of halogens is 3. The van der Waals surface area contributed by atoms with Gasteiger partial charge in [-0.1, -0.05) is 30.3 Å². The summed E-state index contributed by atoms with van der Waals surface area (Å²) in [5, 5.41) is 40.1. The van der Waals surface area contributed by atoms with Gasteiger partial charge in [0.25, 0.3) is 0 Å².